The molecular weight excluding hydrogens is 334 g/mol. The van der Waals surface area contributed by atoms with Crippen molar-refractivity contribution in [3.8, 4) is 11.5 Å². The minimum Gasteiger partial charge on any atom is -0.486 e. The summed E-state index contributed by atoms with van der Waals surface area (Å²) in [7, 11) is 0. The molecule has 1 aliphatic rings. The van der Waals surface area contributed by atoms with Gasteiger partial charge in [-0.25, -0.2) is 0 Å². The van der Waals surface area contributed by atoms with E-state index < -0.39 is 18.0 Å². The van der Waals surface area contributed by atoms with Gasteiger partial charge in [0.05, 0.1) is 0 Å². The molecule has 0 saturated carbocycles. The van der Waals surface area contributed by atoms with Gasteiger partial charge in [0, 0.05) is 18.2 Å². The maximum atomic E-state index is 12.2. The SMILES string of the molecule is C[C@H](OC(=O)CCc1ccccc1)C(=O)Nc1ccc2c(c1)OCCO2. The number of hydrogen-bond acceptors (Lipinski definition) is 5. The van der Waals surface area contributed by atoms with Gasteiger partial charge >= 0.3 is 5.97 Å². The Morgan fingerprint density at radius 2 is 1.81 bits per heavy atom. The molecule has 6 nitrogen and oxygen atoms in total. The van der Waals surface area contributed by atoms with Crippen LogP contribution < -0.4 is 14.8 Å². The first-order valence-corrected chi connectivity index (χ1v) is 8.56. The van der Waals surface area contributed by atoms with Crippen LogP contribution in [0, 0.1) is 0 Å². The Bertz CT molecular complexity index is 775. The number of aryl methyl sites for hydroxylation is 1. The van der Waals surface area contributed by atoms with Gasteiger partial charge in [-0.15, -0.1) is 0 Å². The van der Waals surface area contributed by atoms with Crippen molar-refractivity contribution >= 4 is 17.6 Å². The molecule has 0 bridgehead atoms. The molecule has 2 aromatic rings. The number of hydrogen-bond donors (Lipinski definition) is 1. The van der Waals surface area contributed by atoms with Crippen LogP contribution in [0.15, 0.2) is 48.5 Å². The summed E-state index contributed by atoms with van der Waals surface area (Å²) in [6.45, 7) is 2.53. The van der Waals surface area contributed by atoms with Gasteiger partial charge in [0.25, 0.3) is 5.91 Å². The molecule has 6 heteroatoms. The lowest BCUT2D eigenvalue weighted by Crippen LogP contribution is -2.30. The number of fused-ring (bicyclic) bond motifs is 1. The smallest absolute Gasteiger partial charge is 0.306 e. The summed E-state index contributed by atoms with van der Waals surface area (Å²) in [5, 5.41) is 2.72. The summed E-state index contributed by atoms with van der Waals surface area (Å²) >= 11 is 0. The third-order valence-corrected chi connectivity index (χ3v) is 3.95. The van der Waals surface area contributed by atoms with E-state index in [4.69, 9.17) is 14.2 Å². The van der Waals surface area contributed by atoms with Crippen LogP contribution in [-0.2, 0) is 20.7 Å². The highest BCUT2D eigenvalue weighted by molar-refractivity contribution is 5.95. The fourth-order valence-corrected chi connectivity index (χ4v) is 2.57. The van der Waals surface area contributed by atoms with E-state index in [0.717, 1.165) is 5.56 Å². The molecule has 0 aromatic heterocycles. The van der Waals surface area contributed by atoms with E-state index in [1.165, 1.54) is 0 Å². The third kappa shape index (κ3) is 4.75. The van der Waals surface area contributed by atoms with Crippen molar-refractivity contribution in [1.29, 1.82) is 0 Å². The van der Waals surface area contributed by atoms with Gasteiger partial charge in [-0.3, -0.25) is 9.59 Å². The zero-order valence-electron chi connectivity index (χ0n) is 14.6. The Balaban J connectivity index is 1.49. The zero-order chi connectivity index (χ0) is 18.4. The molecule has 0 spiro atoms. The van der Waals surface area contributed by atoms with Gasteiger partial charge in [0.2, 0.25) is 0 Å². The van der Waals surface area contributed by atoms with E-state index in [0.29, 0.717) is 36.8 Å². The van der Waals surface area contributed by atoms with Crippen LogP contribution in [0.25, 0.3) is 0 Å². The van der Waals surface area contributed by atoms with Crippen LogP contribution in [0.2, 0.25) is 0 Å². The molecule has 3 rings (SSSR count). The van der Waals surface area contributed by atoms with Gasteiger partial charge in [0.1, 0.15) is 13.2 Å². The third-order valence-electron chi connectivity index (χ3n) is 3.95. The molecule has 0 radical (unpaired) electrons. The van der Waals surface area contributed by atoms with Crippen LogP contribution in [0.1, 0.15) is 18.9 Å². The summed E-state index contributed by atoms with van der Waals surface area (Å²) in [6.07, 6.45) is -0.0755. The number of anilines is 1. The molecule has 0 aliphatic carbocycles. The molecule has 0 unspecified atom stereocenters. The fraction of sp³-hybridized carbons (Fsp3) is 0.300. The van der Waals surface area contributed by atoms with Crippen LogP contribution in [-0.4, -0.2) is 31.2 Å². The molecule has 2 aromatic carbocycles. The highest BCUT2D eigenvalue weighted by Crippen LogP contribution is 2.32. The molecule has 0 saturated heterocycles. The molecule has 1 heterocycles. The average molecular weight is 355 g/mol. The standard InChI is InChI=1S/C20H21NO5/c1-14(26-19(22)10-7-15-5-3-2-4-6-15)20(23)21-16-8-9-17-18(13-16)25-12-11-24-17/h2-6,8-9,13-14H,7,10-12H2,1H3,(H,21,23)/t14-/m0/s1. The fourth-order valence-electron chi connectivity index (χ4n) is 2.57. The van der Waals surface area contributed by atoms with Crippen molar-refractivity contribution in [1.82, 2.24) is 0 Å². The van der Waals surface area contributed by atoms with Crippen molar-refractivity contribution in [2.45, 2.75) is 25.9 Å². The lowest BCUT2D eigenvalue weighted by molar-refractivity contribution is -0.153. The first kappa shape index (κ1) is 17.8. The maximum absolute atomic E-state index is 12.2. The second-order valence-electron chi connectivity index (χ2n) is 5.97. The number of amides is 1. The monoisotopic (exact) mass is 355 g/mol. The molecular formula is C20H21NO5. The van der Waals surface area contributed by atoms with Crippen LogP contribution in [0.4, 0.5) is 5.69 Å². The zero-order valence-corrected chi connectivity index (χ0v) is 14.6. The Hall–Kier alpha value is -3.02. The summed E-state index contributed by atoms with van der Waals surface area (Å²) in [5.41, 5.74) is 1.62. The maximum Gasteiger partial charge on any atom is 0.306 e. The average Bonchev–Trinajstić information content (AvgIpc) is 2.67. The minimum atomic E-state index is -0.883. The van der Waals surface area contributed by atoms with E-state index >= 15 is 0 Å². The Morgan fingerprint density at radius 1 is 1.08 bits per heavy atom. The van der Waals surface area contributed by atoms with Crippen LogP contribution in [0.3, 0.4) is 0 Å². The van der Waals surface area contributed by atoms with Crippen molar-refractivity contribution < 1.29 is 23.8 Å². The van der Waals surface area contributed by atoms with Gasteiger partial charge < -0.3 is 19.5 Å². The number of carbonyl (C=O) groups is 2. The predicted molar refractivity (Wildman–Crippen MR) is 96.4 cm³/mol. The molecule has 1 amide bonds. The second-order valence-corrected chi connectivity index (χ2v) is 5.97. The highest BCUT2D eigenvalue weighted by atomic mass is 16.6. The van der Waals surface area contributed by atoms with E-state index in [2.05, 4.69) is 5.32 Å². The van der Waals surface area contributed by atoms with Crippen LogP contribution >= 0.6 is 0 Å². The van der Waals surface area contributed by atoms with Crippen molar-refractivity contribution in [2.24, 2.45) is 0 Å². The van der Waals surface area contributed by atoms with E-state index in [1.807, 2.05) is 30.3 Å². The first-order valence-electron chi connectivity index (χ1n) is 8.56. The summed E-state index contributed by atoms with van der Waals surface area (Å²) in [4.78, 5) is 24.2. The summed E-state index contributed by atoms with van der Waals surface area (Å²) in [5.74, 6) is 0.435. The van der Waals surface area contributed by atoms with E-state index in [-0.39, 0.29) is 6.42 Å². The van der Waals surface area contributed by atoms with Gasteiger partial charge in [-0.1, -0.05) is 30.3 Å². The first-order chi connectivity index (χ1) is 12.6. The number of carbonyl (C=O) groups excluding carboxylic acids is 2. The van der Waals surface area contributed by atoms with Crippen LogP contribution in [0.5, 0.6) is 11.5 Å². The number of esters is 1. The van der Waals surface area contributed by atoms with Gasteiger partial charge in [0.15, 0.2) is 17.6 Å². The number of rotatable bonds is 6. The molecule has 0 fully saturated rings. The largest absolute Gasteiger partial charge is 0.486 e. The molecule has 136 valence electrons. The predicted octanol–water partition coefficient (Wildman–Crippen LogP) is 2.96. The Morgan fingerprint density at radius 3 is 2.58 bits per heavy atom. The lowest BCUT2D eigenvalue weighted by Gasteiger charge is -2.19. The van der Waals surface area contributed by atoms with Gasteiger partial charge in [-0.05, 0) is 31.0 Å². The highest BCUT2D eigenvalue weighted by Gasteiger charge is 2.19. The van der Waals surface area contributed by atoms with Gasteiger partial charge in [-0.2, -0.15) is 0 Å². The number of benzene rings is 2. The molecule has 26 heavy (non-hydrogen) atoms. The van der Waals surface area contributed by atoms with Crippen molar-refractivity contribution in [3.05, 3.63) is 54.1 Å². The van der Waals surface area contributed by atoms with E-state index in [1.54, 1.807) is 25.1 Å². The molecule has 1 N–H and O–H groups in total. The lowest BCUT2D eigenvalue weighted by atomic mass is 10.1. The minimum absolute atomic E-state index is 0.228. The number of ether oxygens (including phenoxy) is 3. The quantitative estimate of drug-likeness (QED) is 0.807. The van der Waals surface area contributed by atoms with Crippen molar-refractivity contribution in [3.63, 3.8) is 0 Å². The molecule has 1 atom stereocenters. The Kier molecular flexibility index (Phi) is 5.73. The topological polar surface area (TPSA) is 73.9 Å². The number of nitrogens with one attached hydrogen (secondary N) is 1. The summed E-state index contributed by atoms with van der Waals surface area (Å²) in [6, 6.07) is 14.8. The van der Waals surface area contributed by atoms with Crippen molar-refractivity contribution in [2.75, 3.05) is 18.5 Å². The second kappa shape index (κ2) is 8.38. The normalized spacial score (nSPS) is 13.6. The van der Waals surface area contributed by atoms with E-state index in [9.17, 15) is 9.59 Å². The Labute approximate surface area is 152 Å². The molecule has 1 aliphatic heterocycles. The summed E-state index contributed by atoms with van der Waals surface area (Å²) < 4.78 is 16.1.